The normalized spacial score (nSPS) is 11.8. The molecule has 0 saturated carbocycles. The second-order valence-corrected chi connectivity index (χ2v) is 5.86. The van der Waals surface area contributed by atoms with E-state index in [1.54, 1.807) is 6.92 Å². The average Bonchev–Trinajstić information content (AvgIpc) is 2.57. The van der Waals surface area contributed by atoms with Gasteiger partial charge >= 0.3 is 0 Å². The number of rotatable bonds is 8. The number of ether oxygens (including phenoxy) is 2. The van der Waals surface area contributed by atoms with E-state index in [2.05, 4.69) is 5.32 Å². The van der Waals surface area contributed by atoms with Gasteiger partial charge in [-0.1, -0.05) is 48.0 Å². The topological polar surface area (TPSA) is 47.6 Å². The zero-order chi connectivity index (χ0) is 17.4. The number of amides is 1. The van der Waals surface area contributed by atoms with Crippen molar-refractivity contribution in [1.82, 2.24) is 5.32 Å². The summed E-state index contributed by atoms with van der Waals surface area (Å²) in [6, 6.07) is 15.9. The van der Waals surface area contributed by atoms with Crippen molar-refractivity contribution in [1.29, 1.82) is 0 Å². The molecule has 2 aromatic carbocycles. The van der Waals surface area contributed by atoms with Gasteiger partial charge in [-0.15, -0.1) is 0 Å². The monoisotopic (exact) mass is 327 g/mol. The molecule has 0 aliphatic carbocycles. The van der Waals surface area contributed by atoms with Crippen LogP contribution < -0.4 is 10.1 Å². The summed E-state index contributed by atoms with van der Waals surface area (Å²) < 4.78 is 11.3. The second-order valence-electron chi connectivity index (χ2n) is 5.86. The summed E-state index contributed by atoms with van der Waals surface area (Å²) in [5.74, 6) is 0.599. The van der Waals surface area contributed by atoms with Crippen LogP contribution in [0.25, 0.3) is 0 Å². The molecule has 0 radical (unpaired) electrons. The van der Waals surface area contributed by atoms with E-state index in [0.717, 1.165) is 16.9 Å². The zero-order valence-electron chi connectivity index (χ0n) is 14.5. The Balaban J connectivity index is 1.68. The van der Waals surface area contributed by atoms with Crippen LogP contribution in [0.15, 0.2) is 48.5 Å². The Labute approximate surface area is 143 Å². The van der Waals surface area contributed by atoms with Crippen molar-refractivity contribution in [3.63, 3.8) is 0 Å². The van der Waals surface area contributed by atoms with E-state index < -0.39 is 6.10 Å². The number of aryl methyl sites for hydroxylation is 2. The minimum atomic E-state index is -0.541. The van der Waals surface area contributed by atoms with E-state index >= 15 is 0 Å². The van der Waals surface area contributed by atoms with Gasteiger partial charge in [0, 0.05) is 6.54 Å². The summed E-state index contributed by atoms with van der Waals surface area (Å²) in [6.07, 6.45) is -0.541. The third-order valence-electron chi connectivity index (χ3n) is 3.66. The fourth-order valence-electron chi connectivity index (χ4n) is 2.33. The number of benzene rings is 2. The molecule has 1 N–H and O–H groups in total. The van der Waals surface area contributed by atoms with Gasteiger partial charge < -0.3 is 14.8 Å². The van der Waals surface area contributed by atoms with E-state index in [-0.39, 0.29) is 5.91 Å². The molecule has 2 rings (SSSR count). The maximum Gasteiger partial charge on any atom is 0.260 e. The standard InChI is InChI=1S/C20H25NO3/c1-15-9-10-19(16(2)13-15)24-17(3)20(22)21-11-12-23-14-18-7-5-4-6-8-18/h4-10,13,17H,11-12,14H2,1-3H3,(H,21,22)/t17-/m0/s1. The number of hydrogen-bond acceptors (Lipinski definition) is 3. The van der Waals surface area contributed by atoms with Gasteiger partial charge in [-0.05, 0) is 38.0 Å². The molecule has 0 aliphatic rings. The minimum Gasteiger partial charge on any atom is -0.481 e. The summed E-state index contributed by atoms with van der Waals surface area (Å²) in [7, 11) is 0. The van der Waals surface area contributed by atoms with Crippen molar-refractivity contribution < 1.29 is 14.3 Å². The Hall–Kier alpha value is -2.33. The van der Waals surface area contributed by atoms with Crippen LogP contribution >= 0.6 is 0 Å². The van der Waals surface area contributed by atoms with Gasteiger partial charge in [0.05, 0.1) is 13.2 Å². The smallest absolute Gasteiger partial charge is 0.260 e. The van der Waals surface area contributed by atoms with Crippen LogP contribution in [0, 0.1) is 13.8 Å². The minimum absolute atomic E-state index is 0.140. The van der Waals surface area contributed by atoms with Gasteiger partial charge in [-0.2, -0.15) is 0 Å². The van der Waals surface area contributed by atoms with Crippen molar-refractivity contribution in [3.05, 3.63) is 65.2 Å². The molecule has 128 valence electrons. The molecule has 4 nitrogen and oxygen atoms in total. The quantitative estimate of drug-likeness (QED) is 0.756. The molecule has 0 aliphatic heterocycles. The highest BCUT2D eigenvalue weighted by atomic mass is 16.5. The first-order chi connectivity index (χ1) is 11.6. The number of carbonyl (C=O) groups excluding carboxylic acids is 1. The van der Waals surface area contributed by atoms with Gasteiger partial charge in [0.25, 0.3) is 5.91 Å². The summed E-state index contributed by atoms with van der Waals surface area (Å²) >= 11 is 0. The maximum atomic E-state index is 12.1. The lowest BCUT2D eigenvalue weighted by Gasteiger charge is -2.16. The van der Waals surface area contributed by atoms with Crippen LogP contribution in [0.2, 0.25) is 0 Å². The lowest BCUT2D eigenvalue weighted by Crippen LogP contribution is -2.38. The van der Waals surface area contributed by atoms with Crippen molar-refractivity contribution in [2.45, 2.75) is 33.5 Å². The highest BCUT2D eigenvalue weighted by Crippen LogP contribution is 2.20. The van der Waals surface area contributed by atoms with E-state index in [4.69, 9.17) is 9.47 Å². The molecular formula is C20H25NO3. The largest absolute Gasteiger partial charge is 0.481 e. The first kappa shape index (κ1) is 18.0. The van der Waals surface area contributed by atoms with Crippen LogP contribution in [-0.2, 0) is 16.1 Å². The van der Waals surface area contributed by atoms with Crippen LogP contribution in [0.4, 0.5) is 0 Å². The van der Waals surface area contributed by atoms with Gasteiger partial charge in [-0.25, -0.2) is 0 Å². The lowest BCUT2D eigenvalue weighted by atomic mass is 10.1. The molecular weight excluding hydrogens is 302 g/mol. The molecule has 4 heteroatoms. The summed E-state index contributed by atoms with van der Waals surface area (Å²) in [5.41, 5.74) is 3.32. The van der Waals surface area contributed by atoms with Crippen molar-refractivity contribution >= 4 is 5.91 Å². The maximum absolute atomic E-state index is 12.1. The Morgan fingerprint density at radius 1 is 1.12 bits per heavy atom. The van der Waals surface area contributed by atoms with Gasteiger partial charge in [0.2, 0.25) is 0 Å². The van der Waals surface area contributed by atoms with E-state index in [0.29, 0.717) is 19.8 Å². The SMILES string of the molecule is Cc1ccc(O[C@@H](C)C(=O)NCCOCc2ccccc2)c(C)c1. The van der Waals surface area contributed by atoms with Gasteiger partial charge in [0.15, 0.2) is 6.10 Å². The van der Waals surface area contributed by atoms with Crippen molar-refractivity contribution in [2.75, 3.05) is 13.2 Å². The lowest BCUT2D eigenvalue weighted by molar-refractivity contribution is -0.127. The van der Waals surface area contributed by atoms with Gasteiger partial charge in [0.1, 0.15) is 5.75 Å². The molecule has 2 aromatic rings. The highest BCUT2D eigenvalue weighted by Gasteiger charge is 2.15. The first-order valence-corrected chi connectivity index (χ1v) is 8.19. The number of carbonyl (C=O) groups is 1. The fraction of sp³-hybridized carbons (Fsp3) is 0.350. The number of hydrogen-bond donors (Lipinski definition) is 1. The summed E-state index contributed by atoms with van der Waals surface area (Å²) in [6.45, 7) is 7.24. The molecule has 0 bridgehead atoms. The Kier molecular flexibility index (Phi) is 6.82. The molecule has 1 atom stereocenters. The molecule has 0 heterocycles. The molecule has 0 saturated heterocycles. The molecule has 0 spiro atoms. The predicted molar refractivity (Wildman–Crippen MR) is 95.1 cm³/mol. The zero-order valence-corrected chi connectivity index (χ0v) is 14.5. The Morgan fingerprint density at radius 2 is 1.88 bits per heavy atom. The third kappa shape index (κ3) is 5.70. The van der Waals surface area contributed by atoms with Crippen LogP contribution in [0.5, 0.6) is 5.75 Å². The average molecular weight is 327 g/mol. The Morgan fingerprint density at radius 3 is 2.58 bits per heavy atom. The molecule has 24 heavy (non-hydrogen) atoms. The van der Waals surface area contributed by atoms with E-state index in [1.165, 1.54) is 5.56 Å². The fourth-order valence-corrected chi connectivity index (χ4v) is 2.33. The summed E-state index contributed by atoms with van der Waals surface area (Å²) in [4.78, 5) is 12.1. The van der Waals surface area contributed by atoms with E-state index in [1.807, 2.05) is 62.4 Å². The molecule has 0 aromatic heterocycles. The second kappa shape index (κ2) is 9.08. The molecule has 1 amide bonds. The molecule has 0 fully saturated rings. The van der Waals surface area contributed by atoms with Crippen molar-refractivity contribution in [3.8, 4) is 5.75 Å². The predicted octanol–water partition coefficient (Wildman–Crippen LogP) is 3.40. The highest BCUT2D eigenvalue weighted by molar-refractivity contribution is 5.80. The van der Waals surface area contributed by atoms with Crippen LogP contribution in [0.3, 0.4) is 0 Å². The first-order valence-electron chi connectivity index (χ1n) is 8.19. The number of nitrogens with one attached hydrogen (secondary N) is 1. The third-order valence-corrected chi connectivity index (χ3v) is 3.66. The van der Waals surface area contributed by atoms with Crippen molar-refractivity contribution in [2.24, 2.45) is 0 Å². The van der Waals surface area contributed by atoms with Crippen LogP contribution in [-0.4, -0.2) is 25.2 Å². The summed E-state index contributed by atoms with van der Waals surface area (Å²) in [5, 5.41) is 2.83. The van der Waals surface area contributed by atoms with Crippen LogP contribution in [0.1, 0.15) is 23.6 Å². The van der Waals surface area contributed by atoms with Gasteiger partial charge in [-0.3, -0.25) is 4.79 Å². The molecule has 0 unspecified atom stereocenters. The Bertz CT molecular complexity index is 655. The van der Waals surface area contributed by atoms with E-state index in [9.17, 15) is 4.79 Å².